The molecule has 4 rings (SSSR count). The van der Waals surface area contributed by atoms with Crippen molar-refractivity contribution in [3.05, 3.63) is 72.1 Å². The van der Waals surface area contributed by atoms with E-state index in [1.165, 1.54) is 34.0 Å². The topological polar surface area (TPSA) is 28.2 Å². The molecule has 1 aromatic heterocycles. The van der Waals surface area contributed by atoms with Crippen LogP contribution in [0.5, 0.6) is 0 Å². The Hall–Kier alpha value is -2.39. The zero-order chi connectivity index (χ0) is 16.4. The molecule has 0 bridgehead atoms. The summed E-state index contributed by atoms with van der Waals surface area (Å²) in [6, 6.07) is 17.8. The lowest BCUT2D eigenvalue weighted by Crippen LogP contribution is -2.26. The van der Waals surface area contributed by atoms with E-state index in [1.807, 2.05) is 12.4 Å². The van der Waals surface area contributed by atoms with Crippen LogP contribution in [0.15, 0.2) is 60.9 Å². The van der Waals surface area contributed by atoms with Crippen LogP contribution in [0.1, 0.15) is 17.5 Å². The summed E-state index contributed by atoms with van der Waals surface area (Å²) in [5, 5.41) is 6.19. The van der Waals surface area contributed by atoms with E-state index in [1.54, 1.807) is 0 Å². The van der Waals surface area contributed by atoms with Gasteiger partial charge in [0, 0.05) is 54.5 Å². The molecule has 3 aromatic rings. The highest BCUT2D eigenvalue weighted by Crippen LogP contribution is 2.25. The Bertz CT molecular complexity index is 838. The van der Waals surface area contributed by atoms with Crippen molar-refractivity contribution in [1.82, 2.24) is 9.88 Å². The number of rotatable bonds is 4. The molecule has 1 unspecified atom stereocenters. The lowest BCUT2D eigenvalue weighted by atomic mass is 10.1. The smallest absolute Gasteiger partial charge is 0.0423 e. The second kappa shape index (κ2) is 6.62. The molecule has 2 heterocycles. The number of aryl methyl sites for hydroxylation is 1. The van der Waals surface area contributed by atoms with Crippen LogP contribution in [0.4, 0.5) is 5.69 Å². The van der Waals surface area contributed by atoms with Gasteiger partial charge in [0.05, 0.1) is 0 Å². The van der Waals surface area contributed by atoms with Gasteiger partial charge in [0.15, 0.2) is 0 Å². The maximum absolute atomic E-state index is 4.22. The number of nitrogens with zero attached hydrogens (tertiary/aromatic N) is 2. The second-order valence-corrected chi connectivity index (χ2v) is 6.76. The molecule has 0 saturated carbocycles. The number of fused-ring (bicyclic) bond motifs is 1. The van der Waals surface area contributed by atoms with Crippen molar-refractivity contribution in [2.45, 2.75) is 25.9 Å². The molecule has 3 nitrogen and oxygen atoms in total. The Morgan fingerprint density at radius 2 is 2.08 bits per heavy atom. The summed E-state index contributed by atoms with van der Waals surface area (Å²) in [4.78, 5) is 6.76. The first-order chi connectivity index (χ1) is 11.8. The van der Waals surface area contributed by atoms with Crippen molar-refractivity contribution in [2.75, 3.05) is 18.4 Å². The van der Waals surface area contributed by atoms with Crippen LogP contribution in [0.2, 0.25) is 0 Å². The van der Waals surface area contributed by atoms with Crippen molar-refractivity contribution < 1.29 is 0 Å². The summed E-state index contributed by atoms with van der Waals surface area (Å²) in [7, 11) is 0. The summed E-state index contributed by atoms with van der Waals surface area (Å²) < 4.78 is 0. The average Bonchev–Trinajstić information content (AvgIpc) is 3.02. The average molecular weight is 317 g/mol. The van der Waals surface area contributed by atoms with Crippen LogP contribution < -0.4 is 5.32 Å². The number of hydrogen-bond donors (Lipinski definition) is 1. The summed E-state index contributed by atoms with van der Waals surface area (Å²) in [6.07, 6.45) is 4.98. The van der Waals surface area contributed by atoms with Crippen molar-refractivity contribution in [1.29, 1.82) is 0 Å². The molecule has 0 radical (unpaired) electrons. The third kappa shape index (κ3) is 3.26. The van der Waals surface area contributed by atoms with Gasteiger partial charge < -0.3 is 5.32 Å². The van der Waals surface area contributed by atoms with Crippen LogP contribution in [0.3, 0.4) is 0 Å². The number of likely N-dealkylation sites (tertiary alicyclic amines) is 1. The Labute approximate surface area is 143 Å². The predicted molar refractivity (Wildman–Crippen MR) is 100 cm³/mol. The predicted octanol–water partition coefficient (Wildman–Crippen LogP) is 4.23. The molecule has 3 heteroatoms. The van der Waals surface area contributed by atoms with Crippen LogP contribution >= 0.6 is 0 Å². The first kappa shape index (κ1) is 15.2. The van der Waals surface area contributed by atoms with Crippen LogP contribution in [0, 0.1) is 6.92 Å². The Balaban J connectivity index is 1.43. The standard InChI is InChI=1S/C21H23N3/c1-16-4-2-5-17(12-16)14-24-11-9-19(15-24)23-21-7-3-6-18-13-22-10-8-20(18)21/h2-8,10,12-13,19,23H,9,11,14-15H2,1H3. The molecular weight excluding hydrogens is 294 g/mol. The molecule has 1 fully saturated rings. The number of aromatic nitrogens is 1. The van der Waals surface area contributed by atoms with Crippen molar-refractivity contribution in [3.8, 4) is 0 Å². The number of hydrogen-bond acceptors (Lipinski definition) is 3. The lowest BCUT2D eigenvalue weighted by Gasteiger charge is -2.18. The van der Waals surface area contributed by atoms with Gasteiger partial charge >= 0.3 is 0 Å². The maximum atomic E-state index is 4.22. The molecule has 122 valence electrons. The van der Waals surface area contributed by atoms with E-state index in [4.69, 9.17) is 0 Å². The number of nitrogens with one attached hydrogen (secondary N) is 1. The molecule has 0 spiro atoms. The summed E-state index contributed by atoms with van der Waals surface area (Å²) >= 11 is 0. The third-order valence-corrected chi connectivity index (χ3v) is 4.80. The van der Waals surface area contributed by atoms with E-state index in [9.17, 15) is 0 Å². The van der Waals surface area contributed by atoms with Gasteiger partial charge in [-0.2, -0.15) is 0 Å². The van der Waals surface area contributed by atoms with Gasteiger partial charge in [-0.15, -0.1) is 0 Å². The van der Waals surface area contributed by atoms with E-state index >= 15 is 0 Å². The van der Waals surface area contributed by atoms with E-state index in [0.717, 1.165) is 19.6 Å². The first-order valence-electron chi connectivity index (χ1n) is 8.65. The van der Waals surface area contributed by atoms with Crippen LogP contribution in [-0.2, 0) is 6.54 Å². The van der Waals surface area contributed by atoms with Gasteiger partial charge in [0.1, 0.15) is 0 Å². The molecule has 1 aliphatic heterocycles. The highest BCUT2D eigenvalue weighted by atomic mass is 15.2. The Kier molecular flexibility index (Phi) is 4.18. The largest absolute Gasteiger partial charge is 0.380 e. The fourth-order valence-corrected chi connectivity index (χ4v) is 3.63. The van der Waals surface area contributed by atoms with Crippen LogP contribution in [-0.4, -0.2) is 29.0 Å². The fourth-order valence-electron chi connectivity index (χ4n) is 3.63. The fraction of sp³-hybridized carbons (Fsp3) is 0.286. The van der Waals surface area contributed by atoms with Gasteiger partial charge in [-0.05, 0) is 31.0 Å². The highest BCUT2D eigenvalue weighted by molar-refractivity contribution is 5.93. The minimum atomic E-state index is 0.508. The normalized spacial score (nSPS) is 18.1. The van der Waals surface area contributed by atoms with Gasteiger partial charge in [0.25, 0.3) is 0 Å². The van der Waals surface area contributed by atoms with E-state index in [-0.39, 0.29) is 0 Å². The van der Waals surface area contributed by atoms with Gasteiger partial charge in [-0.1, -0.05) is 42.0 Å². The molecule has 24 heavy (non-hydrogen) atoms. The first-order valence-corrected chi connectivity index (χ1v) is 8.65. The summed E-state index contributed by atoms with van der Waals surface area (Å²) in [5.41, 5.74) is 3.97. The molecule has 1 saturated heterocycles. The monoisotopic (exact) mass is 317 g/mol. The Morgan fingerprint density at radius 1 is 1.17 bits per heavy atom. The molecule has 1 aliphatic rings. The van der Waals surface area contributed by atoms with Gasteiger partial charge in [0.2, 0.25) is 0 Å². The van der Waals surface area contributed by atoms with Crippen molar-refractivity contribution in [3.63, 3.8) is 0 Å². The minimum absolute atomic E-state index is 0.508. The highest BCUT2D eigenvalue weighted by Gasteiger charge is 2.22. The minimum Gasteiger partial charge on any atom is -0.380 e. The quantitative estimate of drug-likeness (QED) is 0.780. The molecule has 1 N–H and O–H groups in total. The van der Waals surface area contributed by atoms with Crippen LogP contribution in [0.25, 0.3) is 10.8 Å². The van der Waals surface area contributed by atoms with E-state index in [2.05, 4.69) is 70.7 Å². The molecule has 0 aliphatic carbocycles. The van der Waals surface area contributed by atoms with Gasteiger partial charge in [-0.3, -0.25) is 9.88 Å². The maximum Gasteiger partial charge on any atom is 0.0423 e. The van der Waals surface area contributed by atoms with Crippen molar-refractivity contribution >= 4 is 16.5 Å². The number of benzene rings is 2. The summed E-state index contributed by atoms with van der Waals surface area (Å²) in [5.74, 6) is 0. The second-order valence-electron chi connectivity index (χ2n) is 6.76. The zero-order valence-electron chi connectivity index (χ0n) is 14.1. The summed E-state index contributed by atoms with van der Waals surface area (Å²) in [6.45, 7) is 5.44. The Morgan fingerprint density at radius 3 is 3.00 bits per heavy atom. The zero-order valence-corrected chi connectivity index (χ0v) is 14.1. The van der Waals surface area contributed by atoms with E-state index < -0.39 is 0 Å². The number of anilines is 1. The molecule has 1 atom stereocenters. The lowest BCUT2D eigenvalue weighted by molar-refractivity contribution is 0.328. The molecule has 2 aromatic carbocycles. The van der Waals surface area contributed by atoms with E-state index in [0.29, 0.717) is 6.04 Å². The van der Waals surface area contributed by atoms with Gasteiger partial charge in [-0.25, -0.2) is 0 Å². The number of pyridine rings is 1. The third-order valence-electron chi connectivity index (χ3n) is 4.80. The SMILES string of the molecule is Cc1cccc(CN2CCC(Nc3cccc4cnccc34)C2)c1. The molecule has 0 amide bonds. The molecular formula is C21H23N3. The van der Waals surface area contributed by atoms with Crippen molar-refractivity contribution in [2.24, 2.45) is 0 Å².